The summed E-state index contributed by atoms with van der Waals surface area (Å²) in [5.41, 5.74) is 0.258. The summed E-state index contributed by atoms with van der Waals surface area (Å²) >= 11 is 0. The van der Waals surface area contributed by atoms with Gasteiger partial charge in [-0.2, -0.15) is 0 Å². The predicted octanol–water partition coefficient (Wildman–Crippen LogP) is 1.56. The second-order valence-corrected chi connectivity index (χ2v) is 4.48. The third-order valence-electron chi connectivity index (χ3n) is 2.96. The first-order chi connectivity index (χ1) is 9.53. The van der Waals surface area contributed by atoms with Gasteiger partial charge in [-0.3, -0.25) is 0 Å². The normalized spacial score (nSPS) is 21.2. The maximum atomic E-state index is 12.0. The number of methoxy groups -OCH3 is 2. The van der Waals surface area contributed by atoms with E-state index in [1.165, 1.54) is 26.4 Å². The molecule has 0 unspecified atom stereocenters. The zero-order chi connectivity index (χ0) is 14.7. The molecule has 0 N–H and O–H groups in total. The second kappa shape index (κ2) is 5.81. The van der Waals surface area contributed by atoms with E-state index in [1.54, 1.807) is 13.0 Å². The van der Waals surface area contributed by atoms with E-state index >= 15 is 0 Å². The number of carbonyl (C=O) groups excluding carboxylic acids is 2. The average molecular weight is 280 g/mol. The smallest absolute Gasteiger partial charge is 0.347 e. The molecule has 1 saturated heterocycles. The molecule has 1 aliphatic heterocycles. The van der Waals surface area contributed by atoms with E-state index in [0.717, 1.165) is 0 Å². The molecule has 1 aromatic carbocycles. The van der Waals surface area contributed by atoms with Gasteiger partial charge in [0.05, 0.1) is 19.8 Å². The fraction of sp³-hybridized carbons (Fsp3) is 0.429. The number of cyclic esters (lactones) is 1. The van der Waals surface area contributed by atoms with Crippen LogP contribution in [0.5, 0.6) is 11.5 Å². The van der Waals surface area contributed by atoms with Crippen molar-refractivity contribution in [3.8, 4) is 11.5 Å². The molecule has 0 aromatic heterocycles. The van der Waals surface area contributed by atoms with Crippen molar-refractivity contribution in [2.24, 2.45) is 0 Å². The van der Waals surface area contributed by atoms with E-state index in [4.69, 9.17) is 18.9 Å². The Hall–Kier alpha value is -2.24. The van der Waals surface area contributed by atoms with E-state index in [9.17, 15) is 9.59 Å². The summed E-state index contributed by atoms with van der Waals surface area (Å²) in [4.78, 5) is 23.5. The lowest BCUT2D eigenvalue weighted by molar-refractivity contribution is -0.147. The minimum Gasteiger partial charge on any atom is -0.497 e. The van der Waals surface area contributed by atoms with Crippen LogP contribution >= 0.6 is 0 Å². The van der Waals surface area contributed by atoms with Crippen molar-refractivity contribution in [2.45, 2.75) is 25.6 Å². The summed E-state index contributed by atoms with van der Waals surface area (Å²) in [7, 11) is 2.97. The van der Waals surface area contributed by atoms with Crippen LogP contribution in [0.2, 0.25) is 0 Å². The Morgan fingerprint density at radius 2 is 1.80 bits per heavy atom. The molecule has 0 saturated carbocycles. The Labute approximate surface area is 116 Å². The minimum atomic E-state index is -0.852. The van der Waals surface area contributed by atoms with Gasteiger partial charge in [-0.15, -0.1) is 0 Å². The summed E-state index contributed by atoms with van der Waals surface area (Å²) in [6, 6.07) is 4.69. The number of carbonyl (C=O) groups is 2. The Bertz CT molecular complexity index is 502. The van der Waals surface area contributed by atoms with Gasteiger partial charge in [0, 0.05) is 12.5 Å². The first-order valence-corrected chi connectivity index (χ1v) is 6.18. The summed E-state index contributed by atoms with van der Waals surface area (Å²) in [5.74, 6) is -0.184. The number of hydrogen-bond donors (Lipinski definition) is 0. The minimum absolute atomic E-state index is 0.236. The fourth-order valence-electron chi connectivity index (χ4n) is 1.94. The lowest BCUT2D eigenvalue weighted by Crippen LogP contribution is -2.22. The lowest BCUT2D eigenvalue weighted by atomic mass is 10.2. The molecule has 20 heavy (non-hydrogen) atoms. The Balaban J connectivity index is 2.14. The molecule has 0 amide bonds. The molecule has 108 valence electrons. The number of rotatable bonds is 4. The standard InChI is InChI=1S/C14H16O6/c1-8-4-12(14(16)19-8)20-13(15)9-5-10(17-2)7-11(6-9)18-3/h5-8,12H,4H2,1-3H3/t8-,12+/m1/s1. The lowest BCUT2D eigenvalue weighted by Gasteiger charge is -2.10. The van der Waals surface area contributed by atoms with Gasteiger partial charge in [-0.1, -0.05) is 0 Å². The Morgan fingerprint density at radius 3 is 2.25 bits per heavy atom. The van der Waals surface area contributed by atoms with E-state index in [2.05, 4.69) is 0 Å². The first kappa shape index (κ1) is 14.2. The largest absolute Gasteiger partial charge is 0.497 e. The molecule has 1 aromatic rings. The average Bonchev–Trinajstić information content (AvgIpc) is 2.76. The fourth-order valence-corrected chi connectivity index (χ4v) is 1.94. The van der Waals surface area contributed by atoms with Crippen molar-refractivity contribution in [1.82, 2.24) is 0 Å². The molecule has 2 rings (SSSR count). The molecule has 1 aliphatic rings. The van der Waals surface area contributed by atoms with Crippen LogP contribution < -0.4 is 9.47 Å². The van der Waals surface area contributed by atoms with Crippen LogP contribution in [0.15, 0.2) is 18.2 Å². The van der Waals surface area contributed by atoms with Gasteiger partial charge < -0.3 is 18.9 Å². The van der Waals surface area contributed by atoms with Gasteiger partial charge in [-0.05, 0) is 19.1 Å². The van der Waals surface area contributed by atoms with E-state index in [1.807, 2.05) is 0 Å². The summed E-state index contributed by atoms with van der Waals surface area (Å²) in [6.07, 6.45) is -0.721. The summed E-state index contributed by atoms with van der Waals surface area (Å²) < 4.78 is 20.2. The topological polar surface area (TPSA) is 71.1 Å². The van der Waals surface area contributed by atoms with Gasteiger partial charge in [0.25, 0.3) is 0 Å². The third-order valence-corrected chi connectivity index (χ3v) is 2.96. The Kier molecular flexibility index (Phi) is 4.12. The molecule has 2 atom stereocenters. The molecule has 1 heterocycles. The van der Waals surface area contributed by atoms with Crippen LogP contribution in [-0.2, 0) is 14.3 Å². The second-order valence-electron chi connectivity index (χ2n) is 4.48. The highest BCUT2D eigenvalue weighted by atomic mass is 16.6. The van der Waals surface area contributed by atoms with Crippen LogP contribution in [0, 0.1) is 0 Å². The van der Waals surface area contributed by atoms with Crippen molar-refractivity contribution < 1.29 is 28.5 Å². The quantitative estimate of drug-likeness (QED) is 0.779. The monoisotopic (exact) mass is 280 g/mol. The number of benzene rings is 1. The predicted molar refractivity (Wildman–Crippen MR) is 68.9 cm³/mol. The molecular weight excluding hydrogens is 264 g/mol. The highest BCUT2D eigenvalue weighted by Gasteiger charge is 2.35. The highest BCUT2D eigenvalue weighted by Crippen LogP contribution is 2.24. The molecule has 0 bridgehead atoms. The molecular formula is C14H16O6. The Morgan fingerprint density at radius 1 is 1.20 bits per heavy atom. The molecule has 6 heteroatoms. The molecule has 0 radical (unpaired) electrons. The van der Waals surface area contributed by atoms with Crippen molar-refractivity contribution in [3.05, 3.63) is 23.8 Å². The number of ether oxygens (including phenoxy) is 4. The van der Waals surface area contributed by atoms with Gasteiger partial charge in [-0.25, -0.2) is 9.59 Å². The highest BCUT2D eigenvalue weighted by molar-refractivity contribution is 5.92. The summed E-state index contributed by atoms with van der Waals surface area (Å²) in [5, 5.41) is 0. The molecule has 1 fully saturated rings. The summed E-state index contributed by atoms with van der Waals surface area (Å²) in [6.45, 7) is 1.75. The van der Waals surface area contributed by atoms with Gasteiger partial charge in [0.1, 0.15) is 17.6 Å². The van der Waals surface area contributed by atoms with Crippen molar-refractivity contribution in [1.29, 1.82) is 0 Å². The molecule has 6 nitrogen and oxygen atoms in total. The van der Waals surface area contributed by atoms with E-state index in [-0.39, 0.29) is 11.7 Å². The first-order valence-electron chi connectivity index (χ1n) is 6.18. The van der Waals surface area contributed by atoms with Crippen molar-refractivity contribution >= 4 is 11.9 Å². The number of hydrogen-bond acceptors (Lipinski definition) is 6. The van der Waals surface area contributed by atoms with Crippen LogP contribution in [0.3, 0.4) is 0 Å². The van der Waals surface area contributed by atoms with Crippen molar-refractivity contribution in [3.63, 3.8) is 0 Å². The van der Waals surface area contributed by atoms with Crippen LogP contribution in [0.1, 0.15) is 23.7 Å². The van der Waals surface area contributed by atoms with Gasteiger partial charge >= 0.3 is 11.9 Å². The van der Waals surface area contributed by atoms with Crippen LogP contribution in [0.4, 0.5) is 0 Å². The van der Waals surface area contributed by atoms with E-state index < -0.39 is 18.0 Å². The van der Waals surface area contributed by atoms with Gasteiger partial charge in [0.15, 0.2) is 0 Å². The van der Waals surface area contributed by atoms with Crippen molar-refractivity contribution in [2.75, 3.05) is 14.2 Å². The van der Waals surface area contributed by atoms with E-state index in [0.29, 0.717) is 17.9 Å². The van der Waals surface area contributed by atoms with Crippen LogP contribution in [-0.4, -0.2) is 38.4 Å². The zero-order valence-electron chi connectivity index (χ0n) is 11.5. The SMILES string of the molecule is COc1cc(OC)cc(C(=O)O[C@H]2C[C@@H](C)OC2=O)c1. The van der Waals surface area contributed by atoms with Gasteiger partial charge in [0.2, 0.25) is 6.10 Å². The number of esters is 2. The maximum absolute atomic E-state index is 12.0. The third kappa shape index (κ3) is 3.01. The maximum Gasteiger partial charge on any atom is 0.347 e. The van der Waals surface area contributed by atoms with Crippen LogP contribution in [0.25, 0.3) is 0 Å². The molecule has 0 spiro atoms. The zero-order valence-corrected chi connectivity index (χ0v) is 11.5. The molecule has 0 aliphatic carbocycles.